The predicted octanol–water partition coefficient (Wildman–Crippen LogP) is 6.27. The van der Waals surface area contributed by atoms with Crippen molar-refractivity contribution < 1.29 is 21.1 Å². The number of rotatable bonds is 1. The Morgan fingerprint density at radius 1 is 0.955 bits per heavy atom. The molecule has 2 aliphatic carbocycles. The van der Waals surface area contributed by atoms with Crippen LogP contribution in [-0.4, -0.2) is 0 Å². The maximum absolute atomic E-state index is 3.42. The Balaban J connectivity index is -0.000000351. The summed E-state index contributed by atoms with van der Waals surface area (Å²) in [5.41, 5.74) is 5.42. The molecule has 0 bridgehead atoms. The van der Waals surface area contributed by atoms with Gasteiger partial charge in [-0.1, -0.05) is 38.5 Å². The average molecular weight is 475 g/mol. The van der Waals surface area contributed by atoms with Crippen LogP contribution in [0.4, 0.5) is 0 Å². The van der Waals surface area contributed by atoms with Crippen molar-refractivity contribution in [3.05, 3.63) is 99.7 Å². The fraction of sp³-hybridized carbons (Fsp3) is 0.190. The molecule has 0 aliphatic heterocycles. The van der Waals surface area contributed by atoms with Crippen LogP contribution in [0.1, 0.15) is 32.3 Å². The van der Waals surface area contributed by atoms with Crippen LogP contribution in [0.3, 0.4) is 0 Å². The molecule has 0 saturated heterocycles. The van der Waals surface area contributed by atoms with Crippen LogP contribution in [0.15, 0.2) is 59.7 Å². The van der Waals surface area contributed by atoms with Gasteiger partial charge in [-0.15, -0.1) is 29.7 Å². The summed E-state index contributed by atoms with van der Waals surface area (Å²) in [4.78, 5) is 0. The van der Waals surface area contributed by atoms with Gasteiger partial charge in [0, 0.05) is 21.1 Å². The van der Waals surface area contributed by atoms with Crippen molar-refractivity contribution in [2.24, 2.45) is 0 Å². The fourth-order valence-corrected chi connectivity index (χ4v) is 1.96. The average Bonchev–Trinajstić information content (AvgIpc) is 3.06. The van der Waals surface area contributed by atoms with Crippen LogP contribution in [0.5, 0.6) is 0 Å². The van der Waals surface area contributed by atoms with E-state index in [0.717, 1.165) is 12.8 Å². The second-order valence-electron chi connectivity index (χ2n) is 4.50. The normalized spacial score (nSPS) is 13.6. The summed E-state index contributed by atoms with van der Waals surface area (Å²) >= 11 is 0. The van der Waals surface area contributed by atoms with Gasteiger partial charge in [-0.3, -0.25) is 6.08 Å². The molecule has 0 N–H and O–H groups in total. The van der Waals surface area contributed by atoms with Crippen molar-refractivity contribution in [1.29, 1.82) is 0 Å². The summed E-state index contributed by atoms with van der Waals surface area (Å²) in [5, 5.41) is 0. The number of hydrogen-bond donors (Lipinski definition) is 0. The molecule has 3 rings (SSSR count). The van der Waals surface area contributed by atoms with Gasteiger partial charge in [0.1, 0.15) is 0 Å². The molecule has 0 saturated carbocycles. The van der Waals surface area contributed by atoms with Gasteiger partial charge in [-0.05, 0) is 0 Å². The molecule has 126 valence electrons. The van der Waals surface area contributed by atoms with Crippen LogP contribution >= 0.6 is 0 Å². The maximum Gasteiger partial charge on any atom is 0 e. The Hall–Kier alpha value is -1.13. The number of benzene rings is 1. The van der Waals surface area contributed by atoms with Gasteiger partial charge in [0.25, 0.3) is 0 Å². The molecular formula is C21H27Pt-5. The smallest absolute Gasteiger partial charge is 0 e. The van der Waals surface area contributed by atoms with E-state index in [1.54, 1.807) is 0 Å². The van der Waals surface area contributed by atoms with Crippen LogP contribution in [-0.2, 0) is 21.1 Å². The molecule has 0 amide bonds. The van der Waals surface area contributed by atoms with E-state index >= 15 is 0 Å². The van der Waals surface area contributed by atoms with E-state index in [0.29, 0.717) is 0 Å². The SMILES string of the molecule is CC1=C(C)C(c2ccccc2)=[C-]C1.[C-]1=CC=CC1.[CH3-].[CH3-].[CH3-].[Pt]. The Bertz CT molecular complexity index is 506. The maximum atomic E-state index is 3.42. The van der Waals surface area contributed by atoms with Gasteiger partial charge in [0.15, 0.2) is 0 Å². The van der Waals surface area contributed by atoms with Gasteiger partial charge < -0.3 is 22.3 Å². The minimum absolute atomic E-state index is 0. The van der Waals surface area contributed by atoms with Crippen molar-refractivity contribution in [2.75, 3.05) is 0 Å². The van der Waals surface area contributed by atoms with Crippen LogP contribution in [0.2, 0.25) is 0 Å². The molecule has 0 atom stereocenters. The van der Waals surface area contributed by atoms with E-state index in [4.69, 9.17) is 0 Å². The summed E-state index contributed by atoms with van der Waals surface area (Å²) in [5.74, 6) is 0. The number of allylic oxidation sites excluding steroid dienone is 8. The van der Waals surface area contributed by atoms with Crippen molar-refractivity contribution in [3.8, 4) is 0 Å². The molecule has 2 aliphatic rings. The zero-order chi connectivity index (χ0) is 12.8. The van der Waals surface area contributed by atoms with Crippen molar-refractivity contribution >= 4 is 5.57 Å². The van der Waals surface area contributed by atoms with E-state index in [1.165, 1.54) is 22.3 Å². The summed E-state index contributed by atoms with van der Waals surface area (Å²) in [6.45, 7) is 4.36. The number of hydrogen-bond acceptors (Lipinski definition) is 0. The first-order valence-electron chi connectivity index (χ1n) is 6.33. The molecular weight excluding hydrogens is 447 g/mol. The van der Waals surface area contributed by atoms with Crippen LogP contribution in [0.25, 0.3) is 5.57 Å². The summed E-state index contributed by atoms with van der Waals surface area (Å²) in [6, 6.07) is 10.5. The van der Waals surface area contributed by atoms with Crippen LogP contribution < -0.4 is 0 Å². The minimum atomic E-state index is 0. The Morgan fingerprint density at radius 3 is 1.95 bits per heavy atom. The molecule has 1 aromatic carbocycles. The predicted molar refractivity (Wildman–Crippen MR) is 96.9 cm³/mol. The van der Waals surface area contributed by atoms with Crippen molar-refractivity contribution in [3.63, 3.8) is 0 Å². The molecule has 1 heteroatoms. The standard InChI is InChI=1S/C13H13.C5H5.3CH3.Pt/c1-10-8-9-13(11(10)2)12-6-4-3-5-7-12;1-2-4-5-3-1;;;;/h3-7H,8H2,1-2H3;1-3H,4H2;3*1H3;/q5*-1;. The van der Waals surface area contributed by atoms with Gasteiger partial charge in [-0.25, -0.2) is 12.2 Å². The van der Waals surface area contributed by atoms with E-state index in [-0.39, 0.29) is 43.3 Å². The van der Waals surface area contributed by atoms with Gasteiger partial charge >= 0.3 is 0 Å². The minimum Gasteiger partial charge on any atom is -0.358 e. The largest absolute Gasteiger partial charge is 0.358 e. The van der Waals surface area contributed by atoms with E-state index in [1.807, 2.05) is 18.2 Å². The van der Waals surface area contributed by atoms with Gasteiger partial charge in [0.05, 0.1) is 0 Å². The zero-order valence-electron chi connectivity index (χ0n) is 14.3. The van der Waals surface area contributed by atoms with Gasteiger partial charge in [0.2, 0.25) is 0 Å². The third-order valence-electron chi connectivity index (χ3n) is 3.19. The Morgan fingerprint density at radius 2 is 1.59 bits per heavy atom. The Labute approximate surface area is 153 Å². The summed E-state index contributed by atoms with van der Waals surface area (Å²) < 4.78 is 0. The van der Waals surface area contributed by atoms with Crippen LogP contribution in [0, 0.1) is 34.4 Å². The first-order valence-corrected chi connectivity index (χ1v) is 6.33. The Kier molecular flexibility index (Phi) is 15.9. The van der Waals surface area contributed by atoms with Crippen molar-refractivity contribution in [2.45, 2.75) is 26.7 Å². The molecule has 0 radical (unpaired) electrons. The van der Waals surface area contributed by atoms with E-state index < -0.39 is 0 Å². The molecule has 1 aromatic rings. The molecule has 0 nitrogen and oxygen atoms in total. The molecule has 0 heterocycles. The second kappa shape index (κ2) is 13.5. The first-order chi connectivity index (χ1) is 8.79. The van der Waals surface area contributed by atoms with Gasteiger partial charge in [-0.2, -0.15) is 23.3 Å². The molecule has 0 spiro atoms. The summed E-state index contributed by atoms with van der Waals surface area (Å²) in [6.07, 6.45) is 14.4. The molecule has 0 aromatic heterocycles. The fourth-order valence-electron chi connectivity index (χ4n) is 1.96. The third-order valence-corrected chi connectivity index (χ3v) is 3.19. The third kappa shape index (κ3) is 7.23. The molecule has 0 fully saturated rings. The molecule has 22 heavy (non-hydrogen) atoms. The van der Waals surface area contributed by atoms with E-state index in [9.17, 15) is 0 Å². The van der Waals surface area contributed by atoms with E-state index in [2.05, 4.69) is 56.3 Å². The first kappa shape index (κ1) is 25.8. The topological polar surface area (TPSA) is 0 Å². The quantitative estimate of drug-likeness (QED) is 0.421. The second-order valence-corrected chi connectivity index (χ2v) is 4.50. The molecule has 0 unspecified atom stereocenters. The van der Waals surface area contributed by atoms with Crippen molar-refractivity contribution in [1.82, 2.24) is 0 Å². The summed E-state index contributed by atoms with van der Waals surface area (Å²) in [7, 11) is 0. The zero-order valence-corrected chi connectivity index (χ0v) is 16.6. The monoisotopic (exact) mass is 474 g/mol.